The van der Waals surface area contributed by atoms with Crippen molar-refractivity contribution in [2.75, 3.05) is 6.54 Å². The predicted molar refractivity (Wildman–Crippen MR) is 83.5 cm³/mol. The molecule has 4 nitrogen and oxygen atoms in total. The lowest BCUT2D eigenvalue weighted by Gasteiger charge is -2.24. The van der Waals surface area contributed by atoms with Crippen LogP contribution in [0.3, 0.4) is 0 Å². The van der Waals surface area contributed by atoms with Gasteiger partial charge in [-0.2, -0.15) is 0 Å². The molecular formula is C18H17F2NO3. The molecule has 2 aromatic carbocycles. The van der Waals surface area contributed by atoms with E-state index in [4.69, 9.17) is 5.11 Å². The first-order chi connectivity index (χ1) is 11.4. The summed E-state index contributed by atoms with van der Waals surface area (Å²) in [4.78, 5) is 13.0. The van der Waals surface area contributed by atoms with Gasteiger partial charge >= 0.3 is 5.97 Å². The van der Waals surface area contributed by atoms with E-state index in [0.717, 1.165) is 17.7 Å². The molecule has 3 rings (SSSR count). The van der Waals surface area contributed by atoms with Gasteiger partial charge in [-0.1, -0.05) is 18.2 Å². The van der Waals surface area contributed by atoms with E-state index < -0.39 is 23.7 Å². The highest BCUT2D eigenvalue weighted by molar-refractivity contribution is 5.87. The fraction of sp³-hybridized carbons (Fsp3) is 0.278. The highest BCUT2D eigenvalue weighted by atomic mass is 19.2. The van der Waals surface area contributed by atoms with Crippen molar-refractivity contribution in [2.45, 2.75) is 25.1 Å². The summed E-state index contributed by atoms with van der Waals surface area (Å²) < 4.78 is 26.6. The Labute approximate surface area is 138 Å². The zero-order valence-corrected chi connectivity index (χ0v) is 12.8. The van der Waals surface area contributed by atoms with Crippen LogP contribution in [0.25, 0.3) is 0 Å². The normalized spacial score (nSPS) is 21.1. The molecule has 0 bridgehead atoms. The third-order valence-electron chi connectivity index (χ3n) is 4.27. The monoisotopic (exact) mass is 333 g/mol. The van der Waals surface area contributed by atoms with Crippen molar-refractivity contribution in [1.29, 1.82) is 0 Å². The number of carbonyl (C=O) groups is 1. The SMILES string of the molecule is O=C(O)c1cccc(CN2CC(O)CC2c2ccc(F)c(F)c2)c1. The number of rotatable bonds is 4. The van der Waals surface area contributed by atoms with Crippen LogP contribution in [0, 0.1) is 11.6 Å². The Morgan fingerprint density at radius 1 is 1.17 bits per heavy atom. The summed E-state index contributed by atoms with van der Waals surface area (Å²) in [6, 6.07) is 10.1. The van der Waals surface area contributed by atoms with Crippen LogP contribution in [-0.2, 0) is 6.54 Å². The van der Waals surface area contributed by atoms with E-state index in [1.165, 1.54) is 12.1 Å². The van der Waals surface area contributed by atoms with E-state index in [-0.39, 0.29) is 11.6 Å². The number of aromatic carboxylic acids is 1. The number of halogens is 2. The van der Waals surface area contributed by atoms with Crippen LogP contribution in [0.5, 0.6) is 0 Å². The summed E-state index contributed by atoms with van der Waals surface area (Å²) in [6.07, 6.45) is -0.144. The summed E-state index contributed by atoms with van der Waals surface area (Å²) >= 11 is 0. The van der Waals surface area contributed by atoms with Gasteiger partial charge in [-0.15, -0.1) is 0 Å². The van der Waals surface area contributed by atoms with Gasteiger partial charge in [0.25, 0.3) is 0 Å². The molecule has 2 unspecified atom stereocenters. The Morgan fingerprint density at radius 2 is 1.96 bits per heavy atom. The molecular weight excluding hydrogens is 316 g/mol. The summed E-state index contributed by atoms with van der Waals surface area (Å²) in [5.74, 6) is -2.82. The van der Waals surface area contributed by atoms with Gasteiger partial charge in [-0.3, -0.25) is 4.90 Å². The molecule has 6 heteroatoms. The Bertz CT molecular complexity index is 766. The second-order valence-corrected chi connectivity index (χ2v) is 6.01. The molecule has 0 radical (unpaired) electrons. The minimum Gasteiger partial charge on any atom is -0.478 e. The number of carboxylic acids is 1. The number of hydrogen-bond donors (Lipinski definition) is 2. The van der Waals surface area contributed by atoms with Crippen molar-refractivity contribution in [3.8, 4) is 0 Å². The molecule has 126 valence electrons. The predicted octanol–water partition coefficient (Wildman–Crippen LogP) is 2.97. The zero-order valence-electron chi connectivity index (χ0n) is 12.8. The van der Waals surface area contributed by atoms with E-state index in [1.54, 1.807) is 18.2 Å². The number of aliphatic hydroxyl groups excluding tert-OH is 1. The molecule has 1 fully saturated rings. The van der Waals surface area contributed by atoms with Crippen LogP contribution < -0.4 is 0 Å². The molecule has 24 heavy (non-hydrogen) atoms. The highest BCUT2D eigenvalue weighted by Crippen LogP contribution is 2.34. The second kappa shape index (κ2) is 6.67. The number of benzene rings is 2. The average Bonchev–Trinajstić information content (AvgIpc) is 2.90. The van der Waals surface area contributed by atoms with Gasteiger partial charge in [0.1, 0.15) is 0 Å². The number of hydrogen-bond acceptors (Lipinski definition) is 3. The van der Waals surface area contributed by atoms with Crippen molar-refractivity contribution in [1.82, 2.24) is 4.90 Å². The zero-order chi connectivity index (χ0) is 17.3. The summed E-state index contributed by atoms with van der Waals surface area (Å²) in [7, 11) is 0. The highest BCUT2D eigenvalue weighted by Gasteiger charge is 2.32. The van der Waals surface area contributed by atoms with Crippen LogP contribution in [0.4, 0.5) is 8.78 Å². The lowest BCUT2D eigenvalue weighted by atomic mass is 10.0. The molecule has 0 amide bonds. The Morgan fingerprint density at radius 3 is 2.67 bits per heavy atom. The van der Waals surface area contributed by atoms with Crippen LogP contribution >= 0.6 is 0 Å². The molecule has 2 aromatic rings. The first kappa shape index (κ1) is 16.5. The average molecular weight is 333 g/mol. The summed E-state index contributed by atoms with van der Waals surface area (Å²) in [6.45, 7) is 0.808. The Hall–Kier alpha value is -2.31. The van der Waals surface area contributed by atoms with E-state index in [9.17, 15) is 18.7 Å². The lowest BCUT2D eigenvalue weighted by molar-refractivity contribution is 0.0696. The van der Waals surface area contributed by atoms with Gasteiger partial charge < -0.3 is 10.2 Å². The topological polar surface area (TPSA) is 60.8 Å². The molecule has 1 aliphatic heterocycles. The second-order valence-electron chi connectivity index (χ2n) is 6.01. The van der Waals surface area contributed by atoms with E-state index in [1.807, 2.05) is 4.90 Å². The fourth-order valence-corrected chi connectivity index (χ4v) is 3.16. The Balaban J connectivity index is 1.84. The molecule has 1 saturated heterocycles. The quantitative estimate of drug-likeness (QED) is 0.903. The Kier molecular flexibility index (Phi) is 4.59. The molecule has 0 aromatic heterocycles. The number of nitrogens with zero attached hydrogens (tertiary/aromatic N) is 1. The van der Waals surface area contributed by atoms with Gasteiger partial charge in [0, 0.05) is 19.1 Å². The molecule has 0 saturated carbocycles. The van der Waals surface area contributed by atoms with Crippen LogP contribution in [-0.4, -0.2) is 33.7 Å². The summed E-state index contributed by atoms with van der Waals surface area (Å²) in [5.41, 5.74) is 1.58. The number of aliphatic hydroxyl groups is 1. The number of β-amino-alcohol motifs (C(OH)–C–C–N with tert-alkyl or cyclic N) is 1. The lowest BCUT2D eigenvalue weighted by Crippen LogP contribution is -2.24. The summed E-state index contributed by atoms with van der Waals surface area (Å²) in [5, 5.41) is 19.0. The van der Waals surface area contributed by atoms with Gasteiger partial charge in [-0.05, 0) is 41.8 Å². The van der Waals surface area contributed by atoms with Crippen molar-refractivity contribution >= 4 is 5.97 Å². The molecule has 1 heterocycles. The first-order valence-electron chi connectivity index (χ1n) is 7.63. The van der Waals surface area contributed by atoms with Crippen molar-refractivity contribution in [2.24, 2.45) is 0 Å². The minimum atomic E-state index is -1.00. The van der Waals surface area contributed by atoms with Crippen molar-refractivity contribution in [3.05, 3.63) is 70.8 Å². The van der Waals surface area contributed by atoms with Gasteiger partial charge in [0.05, 0.1) is 11.7 Å². The van der Waals surface area contributed by atoms with Gasteiger partial charge in [0.15, 0.2) is 11.6 Å². The van der Waals surface area contributed by atoms with Crippen molar-refractivity contribution in [3.63, 3.8) is 0 Å². The number of carboxylic acid groups (broad SMARTS) is 1. The first-order valence-corrected chi connectivity index (χ1v) is 7.63. The van der Waals surface area contributed by atoms with E-state index in [2.05, 4.69) is 0 Å². The standard InChI is InChI=1S/C18H17F2NO3/c19-15-5-4-12(7-16(15)20)17-8-14(22)10-21(17)9-11-2-1-3-13(6-11)18(23)24/h1-7,14,17,22H,8-10H2,(H,23,24). The van der Waals surface area contributed by atoms with Crippen LogP contribution in [0.2, 0.25) is 0 Å². The largest absolute Gasteiger partial charge is 0.478 e. The molecule has 2 N–H and O–H groups in total. The van der Waals surface area contributed by atoms with Gasteiger partial charge in [0.2, 0.25) is 0 Å². The molecule has 0 spiro atoms. The maximum Gasteiger partial charge on any atom is 0.335 e. The van der Waals surface area contributed by atoms with E-state index >= 15 is 0 Å². The van der Waals surface area contributed by atoms with Crippen LogP contribution in [0.15, 0.2) is 42.5 Å². The van der Waals surface area contributed by atoms with E-state index in [0.29, 0.717) is 25.1 Å². The van der Waals surface area contributed by atoms with Crippen LogP contribution in [0.1, 0.15) is 33.9 Å². The molecule has 1 aliphatic rings. The third-order valence-corrected chi connectivity index (χ3v) is 4.27. The maximum absolute atomic E-state index is 13.5. The van der Waals surface area contributed by atoms with Gasteiger partial charge in [-0.25, -0.2) is 13.6 Å². The molecule has 2 atom stereocenters. The smallest absolute Gasteiger partial charge is 0.335 e. The minimum absolute atomic E-state index is 0.191. The third kappa shape index (κ3) is 3.44. The molecule has 0 aliphatic carbocycles. The maximum atomic E-state index is 13.5. The van der Waals surface area contributed by atoms with Crippen molar-refractivity contribution < 1.29 is 23.8 Å². The number of likely N-dealkylation sites (tertiary alicyclic amines) is 1. The fourth-order valence-electron chi connectivity index (χ4n) is 3.16.